The largest absolute Gasteiger partial charge is 0.460 e. The Hall–Kier alpha value is -2.65. The number of furan rings is 1. The molecule has 0 spiro atoms. The maximum Gasteiger partial charge on any atom is 0.374 e. The van der Waals surface area contributed by atoms with E-state index < -0.39 is 22.0 Å². The van der Waals surface area contributed by atoms with Crippen LogP contribution in [-0.4, -0.2) is 55.2 Å². The molecule has 160 valence electrons. The molecule has 2 aliphatic rings. The zero-order valence-electron chi connectivity index (χ0n) is 16.7. The van der Waals surface area contributed by atoms with Crippen molar-refractivity contribution in [3.05, 3.63) is 53.3 Å². The fourth-order valence-corrected chi connectivity index (χ4v) is 5.62. The van der Waals surface area contributed by atoms with Gasteiger partial charge in [-0.05, 0) is 49.4 Å². The van der Waals surface area contributed by atoms with Gasteiger partial charge in [-0.3, -0.25) is 4.79 Å². The van der Waals surface area contributed by atoms with Crippen LogP contribution < -0.4 is 0 Å². The number of nitrogens with zero attached hydrogens (tertiary/aromatic N) is 2. The third-order valence-electron chi connectivity index (χ3n) is 5.55. The second-order valence-electron chi connectivity index (χ2n) is 7.39. The van der Waals surface area contributed by atoms with E-state index in [0.29, 0.717) is 25.9 Å². The second-order valence-corrected chi connectivity index (χ2v) is 9.21. The molecule has 9 heteroatoms. The Balaban J connectivity index is 1.53. The number of sulfonamides is 1. The fourth-order valence-electron chi connectivity index (χ4n) is 4.06. The third-order valence-corrected chi connectivity index (χ3v) is 7.33. The summed E-state index contributed by atoms with van der Waals surface area (Å²) in [6, 6.07) is 9.72. The summed E-state index contributed by atoms with van der Waals surface area (Å²) >= 11 is 0. The highest BCUT2D eigenvalue weighted by Crippen LogP contribution is 2.30. The first-order valence-corrected chi connectivity index (χ1v) is 11.5. The van der Waals surface area contributed by atoms with Gasteiger partial charge in [0.1, 0.15) is 6.04 Å². The number of benzene rings is 1. The molecule has 1 unspecified atom stereocenters. The lowest BCUT2D eigenvalue weighted by Crippen LogP contribution is -2.48. The van der Waals surface area contributed by atoms with Crippen LogP contribution in [0.15, 0.2) is 45.9 Å². The lowest BCUT2D eigenvalue weighted by molar-refractivity contribution is -0.135. The minimum absolute atomic E-state index is 0.156. The van der Waals surface area contributed by atoms with Crippen molar-refractivity contribution < 1.29 is 27.2 Å². The topological polar surface area (TPSA) is 97.1 Å². The van der Waals surface area contributed by atoms with Crippen molar-refractivity contribution in [1.82, 2.24) is 9.21 Å². The summed E-state index contributed by atoms with van der Waals surface area (Å²) in [5.74, 6) is -1.09. The lowest BCUT2D eigenvalue weighted by Gasteiger charge is -2.33. The average Bonchev–Trinajstić information content (AvgIpc) is 3.43. The van der Waals surface area contributed by atoms with Gasteiger partial charge in [-0.1, -0.05) is 24.3 Å². The van der Waals surface area contributed by atoms with E-state index in [1.54, 1.807) is 11.8 Å². The van der Waals surface area contributed by atoms with Crippen LogP contribution in [0.25, 0.3) is 0 Å². The predicted octanol–water partition coefficient (Wildman–Crippen LogP) is 2.19. The van der Waals surface area contributed by atoms with E-state index in [9.17, 15) is 18.0 Å². The number of hydrogen-bond donors (Lipinski definition) is 0. The van der Waals surface area contributed by atoms with Crippen molar-refractivity contribution in [2.75, 3.05) is 19.7 Å². The van der Waals surface area contributed by atoms with Crippen molar-refractivity contribution in [3.63, 3.8) is 0 Å². The van der Waals surface area contributed by atoms with Crippen LogP contribution in [0.5, 0.6) is 0 Å². The van der Waals surface area contributed by atoms with Crippen molar-refractivity contribution in [1.29, 1.82) is 0 Å². The molecule has 0 saturated carbocycles. The number of rotatable bonds is 5. The molecule has 30 heavy (non-hydrogen) atoms. The van der Waals surface area contributed by atoms with Gasteiger partial charge in [-0.25, -0.2) is 13.2 Å². The highest BCUT2D eigenvalue weighted by molar-refractivity contribution is 7.89. The van der Waals surface area contributed by atoms with Gasteiger partial charge in [-0.2, -0.15) is 4.31 Å². The van der Waals surface area contributed by atoms with Gasteiger partial charge in [-0.15, -0.1) is 0 Å². The van der Waals surface area contributed by atoms with Crippen molar-refractivity contribution in [3.8, 4) is 0 Å². The van der Waals surface area contributed by atoms with E-state index in [-0.39, 0.29) is 29.9 Å². The van der Waals surface area contributed by atoms with Crippen LogP contribution in [-0.2, 0) is 32.5 Å². The number of carbonyl (C=O) groups excluding carboxylic acids is 2. The predicted molar refractivity (Wildman–Crippen MR) is 107 cm³/mol. The number of carbonyl (C=O) groups is 2. The van der Waals surface area contributed by atoms with Gasteiger partial charge in [0.05, 0.1) is 6.61 Å². The summed E-state index contributed by atoms with van der Waals surface area (Å²) in [7, 11) is -4.05. The standard InChI is InChI=1S/C21H24N2O6S/c1-2-28-21(25)18-9-10-19(29-18)30(26,27)23-12-5-8-17(23)20(24)22-13-11-15-6-3-4-7-16(15)14-22/h3-4,6-7,9-10,17H,2,5,8,11-14H2,1H3. The van der Waals surface area contributed by atoms with E-state index in [0.717, 1.165) is 12.0 Å². The number of hydrogen-bond acceptors (Lipinski definition) is 6. The molecule has 8 nitrogen and oxygen atoms in total. The van der Waals surface area contributed by atoms with Crippen LogP contribution >= 0.6 is 0 Å². The Morgan fingerprint density at radius 2 is 1.90 bits per heavy atom. The first-order chi connectivity index (χ1) is 14.4. The quantitative estimate of drug-likeness (QED) is 0.672. The molecule has 4 rings (SSSR count). The molecule has 0 radical (unpaired) electrons. The molecule has 2 aromatic rings. The first kappa shape index (κ1) is 20.6. The minimum Gasteiger partial charge on any atom is -0.460 e. The summed E-state index contributed by atoms with van der Waals surface area (Å²) < 4.78 is 37.6. The SMILES string of the molecule is CCOC(=O)c1ccc(S(=O)(=O)N2CCCC2C(=O)N2CCc3ccccc3C2)o1. The van der Waals surface area contributed by atoms with Gasteiger partial charge in [0.15, 0.2) is 0 Å². The van der Waals surface area contributed by atoms with Gasteiger partial charge in [0.2, 0.25) is 16.8 Å². The summed E-state index contributed by atoms with van der Waals surface area (Å²) in [5, 5.41) is -0.353. The fraction of sp³-hybridized carbons (Fsp3) is 0.429. The summed E-state index contributed by atoms with van der Waals surface area (Å²) in [5.41, 5.74) is 2.31. The molecular weight excluding hydrogens is 408 g/mol. The second kappa shape index (κ2) is 8.23. The Morgan fingerprint density at radius 1 is 1.13 bits per heavy atom. The molecule has 1 aromatic heterocycles. The highest BCUT2D eigenvalue weighted by Gasteiger charge is 2.43. The van der Waals surface area contributed by atoms with Crippen LogP contribution in [0.3, 0.4) is 0 Å². The van der Waals surface area contributed by atoms with E-state index in [4.69, 9.17) is 9.15 Å². The van der Waals surface area contributed by atoms with Gasteiger partial charge in [0.25, 0.3) is 10.0 Å². The summed E-state index contributed by atoms with van der Waals surface area (Å²) in [6.07, 6.45) is 1.80. The molecule has 1 amide bonds. The molecule has 1 saturated heterocycles. The van der Waals surface area contributed by atoms with Crippen molar-refractivity contribution in [2.45, 2.75) is 43.9 Å². The van der Waals surface area contributed by atoms with Crippen LogP contribution in [0.4, 0.5) is 0 Å². The maximum absolute atomic E-state index is 13.2. The number of ether oxygens (including phenoxy) is 1. The maximum atomic E-state index is 13.2. The van der Waals surface area contributed by atoms with E-state index in [2.05, 4.69) is 6.07 Å². The molecule has 0 N–H and O–H groups in total. The molecular formula is C21H24N2O6S. The van der Waals surface area contributed by atoms with Crippen molar-refractivity contribution >= 4 is 21.9 Å². The molecule has 1 atom stereocenters. The normalized spacial score (nSPS) is 19.5. The monoisotopic (exact) mass is 432 g/mol. The molecule has 0 aliphatic carbocycles. The summed E-state index contributed by atoms with van der Waals surface area (Å²) in [4.78, 5) is 26.7. The van der Waals surface area contributed by atoms with Crippen LogP contribution in [0.1, 0.15) is 41.4 Å². The third kappa shape index (κ3) is 3.75. The van der Waals surface area contributed by atoms with E-state index >= 15 is 0 Å². The van der Waals surface area contributed by atoms with Crippen molar-refractivity contribution in [2.24, 2.45) is 0 Å². The zero-order chi connectivity index (χ0) is 21.3. The molecule has 3 heterocycles. The Morgan fingerprint density at radius 3 is 2.67 bits per heavy atom. The molecule has 1 aromatic carbocycles. The van der Waals surface area contributed by atoms with E-state index in [1.807, 2.05) is 18.2 Å². The van der Waals surface area contributed by atoms with Crippen LogP contribution in [0.2, 0.25) is 0 Å². The highest BCUT2D eigenvalue weighted by atomic mass is 32.2. The van der Waals surface area contributed by atoms with Gasteiger partial charge in [0, 0.05) is 19.6 Å². The number of fused-ring (bicyclic) bond motifs is 1. The first-order valence-electron chi connectivity index (χ1n) is 10.1. The molecule has 1 fully saturated rings. The lowest BCUT2D eigenvalue weighted by atomic mass is 9.99. The van der Waals surface area contributed by atoms with E-state index in [1.165, 1.54) is 22.0 Å². The number of esters is 1. The van der Waals surface area contributed by atoms with Crippen LogP contribution in [0, 0.1) is 0 Å². The average molecular weight is 432 g/mol. The van der Waals surface area contributed by atoms with Gasteiger partial charge < -0.3 is 14.1 Å². The minimum atomic E-state index is -4.05. The van der Waals surface area contributed by atoms with Gasteiger partial charge >= 0.3 is 5.97 Å². The Kier molecular flexibility index (Phi) is 5.66. The zero-order valence-corrected chi connectivity index (χ0v) is 17.6. The Bertz CT molecular complexity index is 1060. The smallest absolute Gasteiger partial charge is 0.374 e. The molecule has 2 aliphatic heterocycles. The molecule has 0 bridgehead atoms. The summed E-state index contributed by atoms with van der Waals surface area (Å²) in [6.45, 7) is 3.08. The number of amides is 1. The Labute approximate surface area is 175 Å².